The normalized spacial score (nSPS) is 27.2. The Morgan fingerprint density at radius 1 is 0.917 bits per heavy atom. The van der Waals surface area contributed by atoms with E-state index in [1.54, 1.807) is 16.3 Å². The number of nitrogens with zero attached hydrogens (tertiary/aromatic N) is 2. The molecule has 2 bridgehead atoms. The summed E-state index contributed by atoms with van der Waals surface area (Å²) in [6, 6.07) is 21.7. The Kier molecular flexibility index (Phi) is 7.34. The molecule has 2 saturated carbocycles. The Hall–Kier alpha value is -4.02. The second-order valence-electron chi connectivity index (χ2n) is 14.6. The van der Waals surface area contributed by atoms with Gasteiger partial charge in [-0.2, -0.15) is 0 Å². The van der Waals surface area contributed by atoms with Gasteiger partial charge >= 0.3 is 4.87 Å². The zero-order valence-electron chi connectivity index (χ0n) is 27.1. The van der Waals surface area contributed by atoms with Crippen molar-refractivity contribution in [2.75, 3.05) is 10.2 Å². The Bertz CT molecular complexity index is 2030. The minimum Gasteiger partial charge on any atom is -0.324 e. The number of hydrogen-bond acceptors (Lipinski definition) is 6. The lowest BCUT2D eigenvalue weighted by Crippen LogP contribution is -2.43. The van der Waals surface area contributed by atoms with Crippen molar-refractivity contribution < 1.29 is 18.8 Å². The van der Waals surface area contributed by atoms with E-state index in [0.29, 0.717) is 11.4 Å². The van der Waals surface area contributed by atoms with Crippen LogP contribution in [-0.4, -0.2) is 27.5 Å². The van der Waals surface area contributed by atoms with Gasteiger partial charge in [-0.3, -0.25) is 28.6 Å². The maximum atomic E-state index is 14.1. The van der Waals surface area contributed by atoms with Crippen LogP contribution in [0.2, 0.25) is 0 Å². The average molecular weight is 682 g/mol. The van der Waals surface area contributed by atoms with Crippen molar-refractivity contribution in [1.82, 2.24) is 4.57 Å². The van der Waals surface area contributed by atoms with Crippen LogP contribution in [0.3, 0.4) is 0 Å². The third kappa shape index (κ3) is 4.82. The van der Waals surface area contributed by atoms with E-state index in [9.17, 15) is 23.6 Å². The Labute approximate surface area is 286 Å². The number of para-hydroxylation sites is 1. The maximum absolute atomic E-state index is 14.1. The summed E-state index contributed by atoms with van der Waals surface area (Å²) in [5, 5.41) is 3.74. The molecule has 4 aliphatic rings. The third-order valence-electron chi connectivity index (χ3n) is 10.9. The first-order chi connectivity index (χ1) is 22.9. The van der Waals surface area contributed by atoms with Crippen molar-refractivity contribution in [2.45, 2.75) is 62.3 Å². The van der Waals surface area contributed by atoms with E-state index in [4.69, 9.17) is 0 Å². The fourth-order valence-electron chi connectivity index (χ4n) is 8.71. The van der Waals surface area contributed by atoms with E-state index in [1.807, 2.05) is 31.2 Å². The predicted octanol–water partition coefficient (Wildman–Crippen LogP) is 6.97. The highest BCUT2D eigenvalue weighted by atomic mass is 32.2. The molecule has 1 saturated heterocycles. The van der Waals surface area contributed by atoms with Crippen LogP contribution in [0.25, 0.3) is 0 Å². The van der Waals surface area contributed by atoms with Gasteiger partial charge in [0.25, 0.3) is 0 Å². The molecule has 8 rings (SSSR count). The van der Waals surface area contributed by atoms with Crippen LogP contribution >= 0.6 is 23.1 Å². The summed E-state index contributed by atoms with van der Waals surface area (Å²) in [7, 11) is 0. The first-order valence-electron chi connectivity index (χ1n) is 16.4. The summed E-state index contributed by atoms with van der Waals surface area (Å²) in [6.45, 7) is 8.33. The maximum Gasteiger partial charge on any atom is 0.308 e. The van der Waals surface area contributed by atoms with Gasteiger partial charge in [0.2, 0.25) is 17.7 Å². The number of nitrogens with one attached hydrogen (secondary N) is 1. The first kappa shape index (κ1) is 31.3. The van der Waals surface area contributed by atoms with Crippen LogP contribution in [0, 0.1) is 42.3 Å². The zero-order chi connectivity index (χ0) is 33.6. The number of fused-ring (bicyclic) bond motifs is 9. The van der Waals surface area contributed by atoms with Crippen molar-refractivity contribution >= 4 is 52.2 Å². The van der Waals surface area contributed by atoms with E-state index >= 15 is 0 Å². The molecule has 0 spiro atoms. The molecule has 48 heavy (non-hydrogen) atoms. The van der Waals surface area contributed by atoms with Crippen molar-refractivity contribution in [3.05, 3.63) is 110 Å². The smallest absolute Gasteiger partial charge is 0.308 e. The van der Waals surface area contributed by atoms with Gasteiger partial charge in [-0.25, -0.2) is 4.39 Å². The highest BCUT2D eigenvalue weighted by Crippen LogP contribution is 2.69. The fraction of sp³-hybridized carbons (Fsp3) is 0.368. The predicted molar refractivity (Wildman–Crippen MR) is 186 cm³/mol. The molecule has 7 atom stereocenters. The number of carbonyl (C=O) groups is 3. The molecule has 3 aromatic carbocycles. The van der Waals surface area contributed by atoms with Crippen LogP contribution in [-0.2, 0) is 26.3 Å². The fourth-order valence-corrected chi connectivity index (χ4v) is 11.9. The number of thiazole rings is 1. The number of hydrogen-bond donors (Lipinski definition) is 1. The monoisotopic (exact) mass is 681 g/mol. The van der Waals surface area contributed by atoms with E-state index in [0.717, 1.165) is 27.5 Å². The minimum absolute atomic E-state index is 0.0133. The van der Waals surface area contributed by atoms with Crippen molar-refractivity contribution in [3.8, 4) is 0 Å². The number of aryl methyl sites for hydroxylation is 1. The molecular formula is C38H36FN3O4S2. The molecule has 4 aromatic rings. The van der Waals surface area contributed by atoms with Crippen LogP contribution < -0.4 is 15.1 Å². The number of amides is 3. The summed E-state index contributed by atoms with van der Waals surface area (Å²) >= 11 is 2.80. The average Bonchev–Trinajstić information content (AvgIpc) is 3.77. The van der Waals surface area contributed by atoms with Gasteiger partial charge in [-0.05, 0) is 83.5 Å². The summed E-state index contributed by atoms with van der Waals surface area (Å²) in [6.07, 6.45) is 0.760. The van der Waals surface area contributed by atoms with Gasteiger partial charge < -0.3 is 5.32 Å². The first-order valence-corrected chi connectivity index (χ1v) is 18.1. The molecule has 10 heteroatoms. The molecule has 1 aromatic heterocycles. The molecule has 7 nitrogen and oxygen atoms in total. The van der Waals surface area contributed by atoms with Crippen LogP contribution in [0.15, 0.2) is 82.6 Å². The molecule has 246 valence electrons. The van der Waals surface area contributed by atoms with Crippen LogP contribution in [0.5, 0.6) is 0 Å². The zero-order valence-corrected chi connectivity index (χ0v) is 28.7. The number of benzene rings is 3. The summed E-state index contributed by atoms with van der Waals surface area (Å²) < 4.78 is 15.4. The van der Waals surface area contributed by atoms with Gasteiger partial charge in [0.15, 0.2) is 0 Å². The Balaban J connectivity index is 1.19. The number of thioether (sulfide) groups is 1. The van der Waals surface area contributed by atoms with Gasteiger partial charge in [-0.15, -0.1) is 11.8 Å². The lowest BCUT2D eigenvalue weighted by molar-refractivity contribution is -0.123. The van der Waals surface area contributed by atoms with Crippen LogP contribution in [0.4, 0.5) is 15.8 Å². The van der Waals surface area contributed by atoms with E-state index < -0.39 is 17.7 Å². The Morgan fingerprint density at radius 2 is 1.58 bits per heavy atom. The lowest BCUT2D eigenvalue weighted by Gasteiger charge is -2.43. The highest BCUT2D eigenvalue weighted by Gasteiger charge is 2.69. The number of anilines is 2. The number of rotatable bonds is 5. The summed E-state index contributed by atoms with van der Waals surface area (Å²) in [5.41, 5.74) is 4.28. The topological polar surface area (TPSA) is 88.5 Å². The second-order valence-corrected chi connectivity index (χ2v) is 16.8. The molecule has 2 aliphatic carbocycles. The summed E-state index contributed by atoms with van der Waals surface area (Å²) in [5.74, 6) is -2.28. The standard InChI is InChI=1S/C38H36FN3O4S2/c1-19-7-5-6-8-26(19)40-27(43)18-41-36-33(48-37(41)46)28(20-9-11-21(12-10-20)38(2,3)4)29-24-17-25(32(29)47-36)31-30(24)34(44)42(35(31)45)23-15-13-22(39)14-16-23/h5-16,24-25,28-32H,17-18H2,1-4H3,(H,40,43). The molecule has 0 radical (unpaired) electrons. The van der Waals surface area contributed by atoms with Crippen LogP contribution in [0.1, 0.15) is 54.7 Å². The third-order valence-corrected chi connectivity index (χ3v) is 13.7. The molecule has 1 N–H and O–H groups in total. The molecular weight excluding hydrogens is 646 g/mol. The quantitative estimate of drug-likeness (QED) is 0.230. The van der Waals surface area contributed by atoms with Gasteiger partial charge in [0.05, 0.1) is 22.5 Å². The van der Waals surface area contributed by atoms with E-state index in [1.165, 1.54) is 46.1 Å². The molecule has 3 amide bonds. The van der Waals surface area contributed by atoms with Gasteiger partial charge in [-0.1, -0.05) is 74.6 Å². The SMILES string of the molecule is Cc1ccccc1NC(=O)Cn1c2c(sc1=O)C(c1ccc(C(C)(C)C)cc1)C1C3CC(C1S2)C1C(=O)N(c2ccc(F)cc2)C(=O)C31. The molecule has 7 unspecified atom stereocenters. The van der Waals surface area contributed by atoms with Gasteiger partial charge in [0, 0.05) is 21.7 Å². The van der Waals surface area contributed by atoms with Crippen molar-refractivity contribution in [3.63, 3.8) is 0 Å². The molecule has 3 heterocycles. The second kappa shape index (κ2) is 11.3. The van der Waals surface area contributed by atoms with E-state index in [2.05, 4.69) is 50.4 Å². The summed E-state index contributed by atoms with van der Waals surface area (Å²) in [4.78, 5) is 57.1. The highest BCUT2D eigenvalue weighted by molar-refractivity contribution is 8.00. The Morgan fingerprint density at radius 3 is 2.25 bits per heavy atom. The number of aromatic nitrogens is 1. The number of halogens is 1. The van der Waals surface area contributed by atoms with Crippen molar-refractivity contribution in [1.29, 1.82) is 0 Å². The molecule has 3 fully saturated rings. The number of carbonyl (C=O) groups excluding carboxylic acids is 3. The largest absolute Gasteiger partial charge is 0.324 e. The van der Waals surface area contributed by atoms with E-state index in [-0.39, 0.29) is 63.5 Å². The number of imide groups is 1. The lowest BCUT2D eigenvalue weighted by atomic mass is 9.68. The van der Waals surface area contributed by atoms with Crippen molar-refractivity contribution in [2.24, 2.45) is 29.6 Å². The molecule has 2 aliphatic heterocycles. The van der Waals surface area contributed by atoms with Gasteiger partial charge in [0.1, 0.15) is 12.4 Å². The minimum atomic E-state index is -0.463.